The van der Waals surface area contributed by atoms with Crippen molar-refractivity contribution in [1.82, 2.24) is 5.32 Å². The van der Waals surface area contributed by atoms with Gasteiger partial charge in [0.05, 0.1) is 12.0 Å². The van der Waals surface area contributed by atoms with Gasteiger partial charge in [-0.2, -0.15) is 0 Å². The summed E-state index contributed by atoms with van der Waals surface area (Å²) >= 11 is 0. The van der Waals surface area contributed by atoms with E-state index < -0.39 is 19.1 Å². The van der Waals surface area contributed by atoms with Crippen molar-refractivity contribution in [3.8, 4) is 0 Å². The minimum Gasteiger partial charge on any atom is -0.426 e. The minimum absolute atomic E-state index is 0.368. The van der Waals surface area contributed by atoms with E-state index in [1.807, 2.05) is 0 Å². The number of carbonyl (C=O) groups excluding carboxylic acids is 1. The van der Waals surface area contributed by atoms with E-state index in [4.69, 9.17) is 21.5 Å². The average molecular weight is 217 g/mol. The van der Waals surface area contributed by atoms with Crippen LogP contribution in [0.2, 0.25) is 0 Å². The number of nitrogens with two attached hydrogens (primary N) is 2. The third-order valence-electron chi connectivity index (χ3n) is 2.12. The Hall–Kier alpha value is -0.625. The van der Waals surface area contributed by atoms with Crippen molar-refractivity contribution in [2.45, 2.75) is 38.2 Å². The molecule has 0 aromatic heterocycles. The Bertz CT molecular complexity index is 192. The second-order valence-corrected chi connectivity index (χ2v) is 3.60. The molecule has 1 amide bonds. The molecule has 6 nitrogen and oxygen atoms in total. The predicted octanol–water partition coefficient (Wildman–Crippen LogP) is -2.04. The largest absolute Gasteiger partial charge is 0.475 e. The highest BCUT2D eigenvalue weighted by atomic mass is 16.4. The molecule has 0 spiro atoms. The van der Waals surface area contributed by atoms with Gasteiger partial charge in [0.1, 0.15) is 0 Å². The van der Waals surface area contributed by atoms with Crippen LogP contribution in [0, 0.1) is 0 Å². The van der Waals surface area contributed by atoms with Crippen molar-refractivity contribution in [3.63, 3.8) is 0 Å². The normalized spacial score (nSPS) is 14.5. The molecule has 0 radical (unpaired) electrons. The van der Waals surface area contributed by atoms with Crippen molar-refractivity contribution in [1.29, 1.82) is 0 Å². The van der Waals surface area contributed by atoms with E-state index in [9.17, 15) is 4.79 Å². The van der Waals surface area contributed by atoms with Crippen LogP contribution in [-0.4, -0.2) is 41.6 Å². The van der Waals surface area contributed by atoms with E-state index in [2.05, 4.69) is 5.32 Å². The molecule has 0 fully saturated rings. The quantitative estimate of drug-likeness (QED) is 0.248. The van der Waals surface area contributed by atoms with Crippen LogP contribution in [0.3, 0.4) is 0 Å². The summed E-state index contributed by atoms with van der Waals surface area (Å²) in [6.45, 7) is 2.08. The van der Waals surface area contributed by atoms with Crippen molar-refractivity contribution in [2.75, 3.05) is 6.54 Å². The number of carbonyl (C=O) groups is 1. The zero-order chi connectivity index (χ0) is 11.8. The molecule has 2 atom stereocenters. The molecule has 0 aliphatic rings. The average Bonchev–Trinajstić information content (AvgIpc) is 2.17. The van der Waals surface area contributed by atoms with Crippen LogP contribution in [0.25, 0.3) is 0 Å². The summed E-state index contributed by atoms with van der Waals surface area (Å²) < 4.78 is 0. The van der Waals surface area contributed by atoms with E-state index in [-0.39, 0.29) is 5.91 Å². The summed E-state index contributed by atoms with van der Waals surface area (Å²) in [5, 5.41) is 19.9. The Kier molecular flexibility index (Phi) is 7.32. The fourth-order valence-electron chi connectivity index (χ4n) is 1.05. The number of hydrogen-bond acceptors (Lipinski definition) is 5. The molecule has 15 heavy (non-hydrogen) atoms. The first-order chi connectivity index (χ1) is 6.99. The lowest BCUT2D eigenvalue weighted by Crippen LogP contribution is -2.50. The van der Waals surface area contributed by atoms with Gasteiger partial charge < -0.3 is 26.8 Å². The molecule has 88 valence electrons. The first-order valence-electron chi connectivity index (χ1n) is 5.11. The molecule has 0 unspecified atom stereocenters. The van der Waals surface area contributed by atoms with Gasteiger partial charge in [0.15, 0.2) is 0 Å². The first kappa shape index (κ1) is 14.4. The van der Waals surface area contributed by atoms with Crippen LogP contribution in [-0.2, 0) is 4.79 Å². The molecule has 0 aliphatic heterocycles. The second-order valence-electron chi connectivity index (χ2n) is 3.60. The van der Waals surface area contributed by atoms with E-state index in [0.29, 0.717) is 13.0 Å². The third-order valence-corrected chi connectivity index (χ3v) is 2.12. The van der Waals surface area contributed by atoms with E-state index >= 15 is 0 Å². The van der Waals surface area contributed by atoms with Crippen molar-refractivity contribution in [3.05, 3.63) is 0 Å². The molecular formula is C8H20BN3O3. The number of nitrogens with one attached hydrogen (secondary N) is 1. The van der Waals surface area contributed by atoms with Gasteiger partial charge in [-0.25, -0.2) is 0 Å². The van der Waals surface area contributed by atoms with Crippen LogP contribution >= 0.6 is 0 Å². The first-order valence-corrected chi connectivity index (χ1v) is 5.11. The standard InChI is InChI=1S/C8H20BN3O3/c1-6(9(14)15)12-8(13)7(11)4-2-3-5-10/h6-7,14-15H,2-5,10-11H2,1H3,(H,12,13)/t6-,7-/m0/s1. The fraction of sp³-hybridized carbons (Fsp3) is 0.875. The zero-order valence-electron chi connectivity index (χ0n) is 9.02. The fourth-order valence-corrected chi connectivity index (χ4v) is 1.05. The maximum absolute atomic E-state index is 11.4. The maximum atomic E-state index is 11.4. The van der Waals surface area contributed by atoms with Gasteiger partial charge in [-0.15, -0.1) is 0 Å². The minimum atomic E-state index is -1.56. The molecule has 7 N–H and O–H groups in total. The molecule has 0 saturated heterocycles. The highest BCUT2D eigenvalue weighted by Gasteiger charge is 2.22. The van der Waals surface area contributed by atoms with Crippen LogP contribution in [0.4, 0.5) is 0 Å². The summed E-state index contributed by atoms with van der Waals surface area (Å²) in [7, 11) is -1.56. The highest BCUT2D eigenvalue weighted by molar-refractivity contribution is 6.43. The Morgan fingerprint density at radius 1 is 1.47 bits per heavy atom. The number of hydrogen-bond donors (Lipinski definition) is 5. The van der Waals surface area contributed by atoms with E-state index in [0.717, 1.165) is 12.8 Å². The lowest BCUT2D eigenvalue weighted by atomic mass is 9.81. The molecule has 0 bridgehead atoms. The van der Waals surface area contributed by atoms with E-state index in [1.165, 1.54) is 6.92 Å². The van der Waals surface area contributed by atoms with E-state index in [1.54, 1.807) is 0 Å². The van der Waals surface area contributed by atoms with Gasteiger partial charge in [-0.05, 0) is 26.3 Å². The van der Waals surface area contributed by atoms with Gasteiger partial charge in [0, 0.05) is 0 Å². The zero-order valence-corrected chi connectivity index (χ0v) is 9.02. The lowest BCUT2D eigenvalue weighted by molar-refractivity contribution is -0.122. The van der Waals surface area contributed by atoms with Crippen LogP contribution in [0.1, 0.15) is 26.2 Å². The monoisotopic (exact) mass is 217 g/mol. The smallest absolute Gasteiger partial charge is 0.426 e. The van der Waals surface area contributed by atoms with Gasteiger partial charge in [0.2, 0.25) is 5.91 Å². The number of amides is 1. The van der Waals surface area contributed by atoms with Crippen molar-refractivity contribution in [2.24, 2.45) is 11.5 Å². The maximum Gasteiger partial charge on any atom is 0.475 e. The molecule has 0 rings (SSSR count). The highest BCUT2D eigenvalue weighted by Crippen LogP contribution is 1.98. The Balaban J connectivity index is 3.78. The van der Waals surface area contributed by atoms with Gasteiger partial charge in [-0.1, -0.05) is 6.42 Å². The third kappa shape index (κ3) is 6.45. The lowest BCUT2D eigenvalue weighted by Gasteiger charge is -2.16. The molecule has 0 aromatic carbocycles. The molecular weight excluding hydrogens is 197 g/mol. The summed E-state index contributed by atoms with van der Waals surface area (Å²) in [5.74, 6) is -1.08. The molecule has 7 heteroatoms. The van der Waals surface area contributed by atoms with Gasteiger partial charge in [0.25, 0.3) is 0 Å². The summed E-state index contributed by atoms with van der Waals surface area (Å²) in [6.07, 6.45) is 2.18. The second kappa shape index (κ2) is 7.64. The summed E-state index contributed by atoms with van der Waals surface area (Å²) in [6, 6.07) is -0.613. The van der Waals surface area contributed by atoms with Crippen molar-refractivity contribution < 1.29 is 14.8 Å². The topological polar surface area (TPSA) is 122 Å². The van der Waals surface area contributed by atoms with Crippen molar-refractivity contribution >= 4 is 13.0 Å². The Morgan fingerprint density at radius 2 is 2.07 bits per heavy atom. The molecule has 0 aliphatic carbocycles. The van der Waals surface area contributed by atoms with Crippen LogP contribution in [0.15, 0.2) is 0 Å². The molecule has 0 aromatic rings. The van der Waals surface area contributed by atoms with Gasteiger partial charge in [-0.3, -0.25) is 4.79 Å². The number of rotatable bonds is 7. The van der Waals surface area contributed by atoms with Gasteiger partial charge >= 0.3 is 7.12 Å². The van der Waals surface area contributed by atoms with Crippen LogP contribution < -0.4 is 16.8 Å². The molecule has 0 saturated carbocycles. The Labute approximate surface area is 90.2 Å². The summed E-state index contributed by atoms with van der Waals surface area (Å²) in [4.78, 5) is 11.4. The molecule has 0 heterocycles. The summed E-state index contributed by atoms with van der Waals surface area (Å²) in [5.41, 5.74) is 10.9. The SMILES string of the molecule is C[C@H](NC(=O)[C@@H](N)CCCCN)B(O)O. The van der Waals surface area contributed by atoms with Crippen LogP contribution in [0.5, 0.6) is 0 Å². The Morgan fingerprint density at radius 3 is 2.53 bits per heavy atom. The number of unbranched alkanes of at least 4 members (excludes halogenated alkanes) is 1. The predicted molar refractivity (Wildman–Crippen MR) is 58.7 cm³/mol.